The van der Waals surface area contributed by atoms with Crippen LogP contribution < -0.4 is 5.32 Å². The maximum Gasteiger partial charge on any atom is 0.408 e. The first-order valence-corrected chi connectivity index (χ1v) is 7.69. The molecule has 1 amide bonds. The zero-order valence-electron chi connectivity index (χ0n) is 13.9. The van der Waals surface area contributed by atoms with Crippen molar-refractivity contribution in [3.63, 3.8) is 0 Å². The van der Waals surface area contributed by atoms with Crippen molar-refractivity contribution >= 4 is 12.1 Å². The standard InChI is InChI=1S/C18H25NO4/c1-18(2,3)23-17(22)19-15(16(20)21)13-9-5-8-12-14-10-6-4-7-11-14/h4-7,9-11,15H,8,12-13H2,1-3H3,(H,19,22)(H,20,21)/b9-5+/t15-/m0/s1. The van der Waals surface area contributed by atoms with Crippen LogP contribution in [0.5, 0.6) is 0 Å². The second kappa shape index (κ2) is 8.98. The number of nitrogens with one attached hydrogen (secondary N) is 1. The van der Waals surface area contributed by atoms with Crippen LogP contribution in [0.15, 0.2) is 42.5 Å². The third-order valence-corrected chi connectivity index (χ3v) is 2.97. The largest absolute Gasteiger partial charge is 0.480 e. The molecule has 0 aliphatic heterocycles. The van der Waals surface area contributed by atoms with E-state index >= 15 is 0 Å². The van der Waals surface area contributed by atoms with Gasteiger partial charge in [0, 0.05) is 0 Å². The average Bonchev–Trinajstić information content (AvgIpc) is 2.44. The van der Waals surface area contributed by atoms with Crippen LogP contribution in [0.2, 0.25) is 0 Å². The van der Waals surface area contributed by atoms with Crippen LogP contribution in [-0.4, -0.2) is 28.8 Å². The molecule has 0 aliphatic carbocycles. The Morgan fingerprint density at radius 1 is 1.22 bits per heavy atom. The third-order valence-electron chi connectivity index (χ3n) is 2.97. The number of alkyl carbamates (subject to hydrolysis) is 1. The van der Waals surface area contributed by atoms with Gasteiger partial charge in [-0.25, -0.2) is 9.59 Å². The first kappa shape index (κ1) is 18.7. The van der Waals surface area contributed by atoms with Gasteiger partial charge in [-0.05, 0) is 45.6 Å². The lowest BCUT2D eigenvalue weighted by Crippen LogP contribution is -2.43. The van der Waals surface area contributed by atoms with Gasteiger partial charge >= 0.3 is 12.1 Å². The van der Waals surface area contributed by atoms with E-state index in [-0.39, 0.29) is 6.42 Å². The molecule has 2 N–H and O–H groups in total. The van der Waals surface area contributed by atoms with Crippen LogP contribution in [0.3, 0.4) is 0 Å². The molecule has 0 saturated heterocycles. The summed E-state index contributed by atoms with van der Waals surface area (Å²) in [5.74, 6) is -1.08. The first-order valence-electron chi connectivity index (χ1n) is 7.69. The van der Waals surface area contributed by atoms with Gasteiger partial charge in [0.1, 0.15) is 11.6 Å². The average molecular weight is 319 g/mol. The van der Waals surface area contributed by atoms with E-state index in [4.69, 9.17) is 9.84 Å². The summed E-state index contributed by atoms with van der Waals surface area (Å²) in [6.45, 7) is 5.18. The van der Waals surface area contributed by atoms with E-state index in [1.807, 2.05) is 24.3 Å². The van der Waals surface area contributed by atoms with Crippen LogP contribution in [0.4, 0.5) is 4.79 Å². The maximum atomic E-state index is 11.6. The number of carbonyl (C=O) groups is 2. The number of allylic oxidation sites excluding steroid dienone is 1. The van der Waals surface area contributed by atoms with Crippen molar-refractivity contribution in [2.45, 2.75) is 51.7 Å². The SMILES string of the molecule is CC(C)(C)OC(=O)N[C@@H](C/C=C/CCc1ccccc1)C(=O)O. The Hall–Kier alpha value is -2.30. The summed E-state index contributed by atoms with van der Waals surface area (Å²) < 4.78 is 5.07. The van der Waals surface area contributed by atoms with E-state index in [2.05, 4.69) is 17.4 Å². The van der Waals surface area contributed by atoms with Crippen molar-refractivity contribution in [1.82, 2.24) is 5.32 Å². The Morgan fingerprint density at radius 2 is 1.87 bits per heavy atom. The van der Waals surface area contributed by atoms with Gasteiger partial charge in [0.15, 0.2) is 0 Å². The van der Waals surface area contributed by atoms with Crippen molar-refractivity contribution in [1.29, 1.82) is 0 Å². The van der Waals surface area contributed by atoms with E-state index in [9.17, 15) is 9.59 Å². The topological polar surface area (TPSA) is 75.6 Å². The summed E-state index contributed by atoms with van der Waals surface area (Å²) in [4.78, 5) is 22.8. The van der Waals surface area contributed by atoms with Crippen LogP contribution in [0.25, 0.3) is 0 Å². The smallest absolute Gasteiger partial charge is 0.408 e. The predicted molar refractivity (Wildman–Crippen MR) is 89.3 cm³/mol. The van der Waals surface area contributed by atoms with Gasteiger partial charge in [0.2, 0.25) is 0 Å². The molecule has 0 radical (unpaired) electrons. The number of benzene rings is 1. The second-order valence-electron chi connectivity index (χ2n) is 6.27. The maximum absolute atomic E-state index is 11.6. The quantitative estimate of drug-likeness (QED) is 0.754. The van der Waals surface area contributed by atoms with Gasteiger partial charge in [-0.3, -0.25) is 0 Å². The Balaban J connectivity index is 2.39. The van der Waals surface area contributed by atoms with Crippen molar-refractivity contribution in [3.05, 3.63) is 48.0 Å². The number of aryl methyl sites for hydroxylation is 1. The fourth-order valence-electron chi connectivity index (χ4n) is 1.92. The number of hydrogen-bond donors (Lipinski definition) is 2. The molecule has 0 aromatic heterocycles. The van der Waals surface area contributed by atoms with E-state index in [1.54, 1.807) is 26.8 Å². The molecule has 0 unspecified atom stereocenters. The summed E-state index contributed by atoms with van der Waals surface area (Å²) in [6, 6.07) is 9.07. The van der Waals surface area contributed by atoms with Crippen molar-refractivity contribution < 1.29 is 19.4 Å². The number of rotatable bonds is 7. The summed E-state index contributed by atoms with van der Waals surface area (Å²) in [6.07, 6.45) is 4.93. The Labute approximate surface area is 137 Å². The summed E-state index contributed by atoms with van der Waals surface area (Å²) in [5, 5.41) is 11.5. The number of carbonyl (C=O) groups excluding carboxylic acids is 1. The van der Waals surface area contributed by atoms with E-state index in [1.165, 1.54) is 5.56 Å². The number of hydrogen-bond acceptors (Lipinski definition) is 3. The first-order chi connectivity index (χ1) is 10.8. The molecule has 5 heteroatoms. The molecule has 1 rings (SSSR count). The van der Waals surface area contributed by atoms with Crippen molar-refractivity contribution in [3.8, 4) is 0 Å². The number of carboxylic acid groups (broad SMARTS) is 1. The number of amides is 1. The summed E-state index contributed by atoms with van der Waals surface area (Å²) in [7, 11) is 0. The van der Waals surface area contributed by atoms with Gasteiger partial charge in [-0.1, -0.05) is 42.5 Å². The molecule has 0 saturated carbocycles. The van der Waals surface area contributed by atoms with E-state index < -0.39 is 23.7 Å². The number of ether oxygens (including phenoxy) is 1. The van der Waals surface area contributed by atoms with Crippen molar-refractivity contribution in [2.24, 2.45) is 0 Å². The van der Waals surface area contributed by atoms with Crippen LogP contribution in [0, 0.1) is 0 Å². The van der Waals surface area contributed by atoms with Gasteiger partial charge in [-0.15, -0.1) is 0 Å². The minimum Gasteiger partial charge on any atom is -0.480 e. The zero-order chi connectivity index (χ0) is 17.3. The lowest BCUT2D eigenvalue weighted by Gasteiger charge is -2.21. The highest BCUT2D eigenvalue weighted by Crippen LogP contribution is 2.08. The fraction of sp³-hybridized carbons (Fsp3) is 0.444. The third kappa shape index (κ3) is 8.66. The fourth-order valence-corrected chi connectivity index (χ4v) is 1.92. The molecule has 1 aromatic carbocycles. The molecular weight excluding hydrogens is 294 g/mol. The van der Waals surface area contributed by atoms with Gasteiger partial charge in [0.05, 0.1) is 0 Å². The van der Waals surface area contributed by atoms with E-state index in [0.29, 0.717) is 0 Å². The highest BCUT2D eigenvalue weighted by molar-refractivity contribution is 5.80. The summed E-state index contributed by atoms with van der Waals surface area (Å²) >= 11 is 0. The summed E-state index contributed by atoms with van der Waals surface area (Å²) in [5.41, 5.74) is 0.581. The molecule has 0 aliphatic rings. The highest BCUT2D eigenvalue weighted by atomic mass is 16.6. The van der Waals surface area contributed by atoms with Gasteiger partial charge in [-0.2, -0.15) is 0 Å². The monoisotopic (exact) mass is 319 g/mol. The molecule has 1 aromatic rings. The highest BCUT2D eigenvalue weighted by Gasteiger charge is 2.22. The minimum absolute atomic E-state index is 0.226. The minimum atomic E-state index is -1.08. The normalized spacial score (nSPS) is 12.8. The Bertz CT molecular complexity index is 532. The number of aliphatic carboxylic acids is 1. The predicted octanol–water partition coefficient (Wildman–Crippen LogP) is 3.54. The van der Waals surface area contributed by atoms with E-state index in [0.717, 1.165) is 12.8 Å². The lowest BCUT2D eigenvalue weighted by molar-refractivity contribution is -0.139. The molecule has 1 atom stereocenters. The van der Waals surface area contributed by atoms with Crippen LogP contribution in [-0.2, 0) is 16.0 Å². The van der Waals surface area contributed by atoms with Crippen LogP contribution in [0.1, 0.15) is 39.2 Å². The molecule has 5 nitrogen and oxygen atoms in total. The van der Waals surface area contributed by atoms with Gasteiger partial charge in [0.25, 0.3) is 0 Å². The molecule has 0 spiro atoms. The molecule has 0 fully saturated rings. The van der Waals surface area contributed by atoms with Crippen LogP contribution >= 0.6 is 0 Å². The molecule has 0 heterocycles. The second-order valence-corrected chi connectivity index (χ2v) is 6.27. The Morgan fingerprint density at radius 3 is 2.43 bits per heavy atom. The Kier molecular flexibility index (Phi) is 7.32. The molecular formula is C18H25NO4. The molecule has 126 valence electrons. The lowest BCUT2D eigenvalue weighted by atomic mass is 10.1. The molecule has 23 heavy (non-hydrogen) atoms. The van der Waals surface area contributed by atoms with Gasteiger partial charge < -0.3 is 15.2 Å². The number of carboxylic acids is 1. The molecule has 0 bridgehead atoms. The zero-order valence-corrected chi connectivity index (χ0v) is 13.9. The van der Waals surface area contributed by atoms with Crippen molar-refractivity contribution in [2.75, 3.05) is 0 Å².